The number of quaternary nitrogens is 2. The highest BCUT2D eigenvalue weighted by Crippen LogP contribution is 2.27. The monoisotopic (exact) mass is 403 g/mol. The zero-order chi connectivity index (χ0) is 20.1. The van der Waals surface area contributed by atoms with E-state index in [1.165, 1.54) is 16.0 Å². The fraction of sp³-hybridized carbons (Fsp3) is 0.409. The first-order chi connectivity index (χ1) is 13.5. The number of anilines is 1. The molecule has 1 fully saturated rings. The number of halogens is 1. The molecule has 3 rings (SSSR count). The molecular formula is C22H30ClN3O2+2. The van der Waals surface area contributed by atoms with E-state index in [1.807, 2.05) is 6.92 Å². The minimum atomic E-state index is -0.121. The van der Waals surface area contributed by atoms with E-state index in [1.54, 1.807) is 30.2 Å². The van der Waals surface area contributed by atoms with E-state index in [-0.39, 0.29) is 11.9 Å². The number of hydrogen-bond acceptors (Lipinski definition) is 2. The Bertz CT molecular complexity index is 819. The molecule has 1 aliphatic rings. The third-order valence-corrected chi connectivity index (χ3v) is 5.80. The van der Waals surface area contributed by atoms with Gasteiger partial charge in [0.05, 0.1) is 12.8 Å². The zero-order valence-corrected chi connectivity index (χ0v) is 17.6. The van der Waals surface area contributed by atoms with E-state index in [2.05, 4.69) is 36.5 Å². The van der Waals surface area contributed by atoms with Crippen LogP contribution in [0.2, 0.25) is 5.02 Å². The Hall–Kier alpha value is -2.08. The predicted molar refractivity (Wildman–Crippen MR) is 112 cm³/mol. The van der Waals surface area contributed by atoms with E-state index in [9.17, 15) is 4.79 Å². The molecule has 3 N–H and O–H groups in total. The molecule has 1 amide bonds. The number of amides is 1. The normalized spacial score (nSPS) is 20.4. The number of nitrogens with one attached hydrogen (secondary N) is 3. The molecule has 5 nitrogen and oxygen atoms in total. The predicted octanol–water partition coefficient (Wildman–Crippen LogP) is 0.968. The lowest BCUT2D eigenvalue weighted by molar-refractivity contribution is -1.02. The number of aryl methyl sites for hydroxylation is 1. The number of benzene rings is 2. The lowest BCUT2D eigenvalue weighted by atomic mass is 10.1. The van der Waals surface area contributed by atoms with Gasteiger partial charge in [-0.25, -0.2) is 0 Å². The summed E-state index contributed by atoms with van der Waals surface area (Å²) in [7, 11) is 1.59. The summed E-state index contributed by atoms with van der Waals surface area (Å²) in [6.45, 7) is 9.30. The molecule has 28 heavy (non-hydrogen) atoms. The Kier molecular flexibility index (Phi) is 6.94. The van der Waals surface area contributed by atoms with E-state index >= 15 is 0 Å². The van der Waals surface area contributed by atoms with Crippen LogP contribution < -0.4 is 19.9 Å². The number of ether oxygens (including phenoxy) is 1. The second-order valence-corrected chi connectivity index (χ2v) is 8.07. The molecule has 0 bridgehead atoms. The van der Waals surface area contributed by atoms with Crippen LogP contribution in [-0.4, -0.2) is 45.2 Å². The lowest BCUT2D eigenvalue weighted by Gasteiger charge is -2.32. The minimum Gasteiger partial charge on any atom is -0.495 e. The molecule has 150 valence electrons. The Balaban J connectivity index is 1.54. The van der Waals surface area contributed by atoms with E-state index < -0.39 is 0 Å². The van der Waals surface area contributed by atoms with Crippen molar-refractivity contribution < 1.29 is 19.3 Å². The second-order valence-electron chi connectivity index (χ2n) is 7.63. The zero-order valence-electron chi connectivity index (χ0n) is 16.8. The van der Waals surface area contributed by atoms with Crippen molar-refractivity contribution in [2.24, 2.45) is 0 Å². The highest BCUT2D eigenvalue weighted by molar-refractivity contribution is 6.31. The standard InChI is InChI=1S/C22H28ClN3O2/c1-16-5-4-6-18(13-16)15-25-9-11-26(12-10-25)17(2)22(27)24-20-14-19(23)7-8-21(20)28-3/h4-8,13-14,17H,9-12,15H2,1-3H3,(H,24,27)/p+2/t17-/m1/s1. The fourth-order valence-electron chi connectivity index (χ4n) is 3.85. The summed E-state index contributed by atoms with van der Waals surface area (Å²) in [5.41, 5.74) is 3.31. The smallest absolute Gasteiger partial charge is 0.282 e. The molecule has 1 heterocycles. The lowest BCUT2D eigenvalue weighted by Crippen LogP contribution is -3.29. The number of piperazine rings is 1. The maximum absolute atomic E-state index is 12.8. The van der Waals surface area contributed by atoms with Crippen LogP contribution in [0.1, 0.15) is 18.1 Å². The van der Waals surface area contributed by atoms with Crippen LogP contribution >= 0.6 is 11.6 Å². The quantitative estimate of drug-likeness (QED) is 0.673. The van der Waals surface area contributed by atoms with Gasteiger partial charge in [-0.1, -0.05) is 41.4 Å². The molecule has 0 spiro atoms. The van der Waals surface area contributed by atoms with Crippen molar-refractivity contribution in [3.05, 3.63) is 58.6 Å². The highest BCUT2D eigenvalue weighted by Gasteiger charge is 2.31. The molecule has 6 heteroatoms. The molecule has 0 aromatic heterocycles. The van der Waals surface area contributed by atoms with Crippen molar-refractivity contribution in [1.29, 1.82) is 0 Å². The van der Waals surface area contributed by atoms with E-state index in [0.717, 1.165) is 32.7 Å². The SMILES string of the molecule is COc1ccc(Cl)cc1NC(=O)[C@@H](C)[NH+]1CC[NH+](Cc2cccc(C)c2)CC1. The van der Waals surface area contributed by atoms with Gasteiger partial charge >= 0.3 is 0 Å². The molecule has 2 aromatic carbocycles. The maximum atomic E-state index is 12.8. The van der Waals surface area contributed by atoms with Crippen LogP contribution in [0.5, 0.6) is 5.75 Å². The van der Waals surface area contributed by atoms with Gasteiger partial charge in [-0.2, -0.15) is 0 Å². The van der Waals surface area contributed by atoms with Gasteiger partial charge < -0.3 is 19.9 Å². The first-order valence-electron chi connectivity index (χ1n) is 9.84. The van der Waals surface area contributed by atoms with Crippen LogP contribution in [0, 0.1) is 6.92 Å². The first-order valence-corrected chi connectivity index (χ1v) is 10.2. The third-order valence-electron chi connectivity index (χ3n) is 5.56. The van der Waals surface area contributed by atoms with Crippen molar-refractivity contribution >= 4 is 23.2 Å². The van der Waals surface area contributed by atoms with Crippen molar-refractivity contribution in [2.45, 2.75) is 26.4 Å². The van der Waals surface area contributed by atoms with Crippen molar-refractivity contribution in [1.82, 2.24) is 0 Å². The van der Waals surface area contributed by atoms with Gasteiger partial charge in [0, 0.05) is 10.6 Å². The Morgan fingerprint density at radius 3 is 2.61 bits per heavy atom. The van der Waals surface area contributed by atoms with Crippen LogP contribution in [0.15, 0.2) is 42.5 Å². The van der Waals surface area contributed by atoms with Gasteiger partial charge in [-0.05, 0) is 32.0 Å². The average Bonchev–Trinajstić information content (AvgIpc) is 2.68. The van der Waals surface area contributed by atoms with Crippen molar-refractivity contribution in [3.8, 4) is 5.75 Å². The molecule has 2 aromatic rings. The molecule has 1 aliphatic heterocycles. The summed E-state index contributed by atoms with van der Waals surface area (Å²) in [4.78, 5) is 15.7. The third kappa shape index (κ3) is 5.25. The van der Waals surface area contributed by atoms with Gasteiger partial charge in [0.1, 0.15) is 38.5 Å². The number of carbonyl (C=O) groups is 1. The molecule has 1 saturated heterocycles. The minimum absolute atomic E-state index is 0.00213. The summed E-state index contributed by atoms with van der Waals surface area (Å²) in [5.74, 6) is 0.616. The van der Waals surface area contributed by atoms with Gasteiger partial charge in [0.15, 0.2) is 6.04 Å². The second kappa shape index (κ2) is 9.41. The van der Waals surface area contributed by atoms with Crippen molar-refractivity contribution in [2.75, 3.05) is 38.6 Å². The summed E-state index contributed by atoms with van der Waals surface area (Å²) in [6, 6.07) is 13.9. The van der Waals surface area contributed by atoms with Crippen molar-refractivity contribution in [3.63, 3.8) is 0 Å². The molecule has 0 radical (unpaired) electrons. The molecule has 0 unspecified atom stereocenters. The molecule has 1 atom stereocenters. The number of methoxy groups -OCH3 is 1. The van der Waals surface area contributed by atoms with E-state index in [4.69, 9.17) is 16.3 Å². The highest BCUT2D eigenvalue weighted by atomic mass is 35.5. The van der Waals surface area contributed by atoms with Crippen LogP contribution in [-0.2, 0) is 11.3 Å². The Morgan fingerprint density at radius 1 is 1.18 bits per heavy atom. The van der Waals surface area contributed by atoms with Crippen LogP contribution in [0.25, 0.3) is 0 Å². The van der Waals surface area contributed by atoms with Crippen LogP contribution in [0.3, 0.4) is 0 Å². The van der Waals surface area contributed by atoms with Crippen LogP contribution in [0.4, 0.5) is 5.69 Å². The largest absolute Gasteiger partial charge is 0.495 e. The Morgan fingerprint density at radius 2 is 1.93 bits per heavy atom. The van der Waals surface area contributed by atoms with Gasteiger partial charge in [0.25, 0.3) is 5.91 Å². The van der Waals surface area contributed by atoms with Gasteiger partial charge in [-0.15, -0.1) is 0 Å². The number of rotatable bonds is 6. The number of carbonyl (C=O) groups excluding carboxylic acids is 1. The summed E-state index contributed by atoms with van der Waals surface area (Å²) >= 11 is 6.06. The number of hydrogen-bond donors (Lipinski definition) is 3. The fourth-order valence-corrected chi connectivity index (χ4v) is 4.02. The molecule has 0 saturated carbocycles. The van der Waals surface area contributed by atoms with E-state index in [0.29, 0.717) is 16.5 Å². The topological polar surface area (TPSA) is 47.2 Å². The summed E-state index contributed by atoms with van der Waals surface area (Å²) in [5, 5.41) is 3.55. The summed E-state index contributed by atoms with van der Waals surface area (Å²) < 4.78 is 5.32. The molecule has 0 aliphatic carbocycles. The first kappa shape index (κ1) is 20.6. The molecular weight excluding hydrogens is 374 g/mol. The summed E-state index contributed by atoms with van der Waals surface area (Å²) in [6.07, 6.45) is 0. The average molecular weight is 404 g/mol. The van der Waals surface area contributed by atoms with Gasteiger partial charge in [0.2, 0.25) is 0 Å². The maximum Gasteiger partial charge on any atom is 0.282 e. The van der Waals surface area contributed by atoms with Gasteiger partial charge in [-0.3, -0.25) is 4.79 Å². The Labute approximate surface area is 172 Å².